The standard InChI is InChI=1S/C54H37N/c1-3-12-38(13-4-1)40-26-31-47(32-27-40)55(48-33-28-41(29-34-48)39-14-5-2-6-15-39)54-35-30-46(37-53(54)51-21-11-18-42-16-7-9-19-49(42)51)45-25-24-44-23-22-43-17-8-10-20-50(43)52(44)36-45/h1-37H. The molecule has 0 aliphatic heterocycles. The third kappa shape index (κ3) is 6.12. The Morgan fingerprint density at radius 1 is 0.236 bits per heavy atom. The van der Waals surface area contributed by atoms with Crippen LogP contribution in [0.3, 0.4) is 0 Å². The lowest BCUT2D eigenvalue weighted by molar-refractivity contribution is 1.28. The molecule has 1 heteroatoms. The van der Waals surface area contributed by atoms with Crippen molar-refractivity contribution in [3.8, 4) is 44.5 Å². The van der Waals surface area contributed by atoms with Crippen LogP contribution in [0.4, 0.5) is 17.1 Å². The molecule has 0 atom stereocenters. The second-order valence-electron chi connectivity index (χ2n) is 14.1. The molecule has 1 nitrogen and oxygen atoms in total. The molecule has 0 bridgehead atoms. The molecule has 0 spiro atoms. The van der Waals surface area contributed by atoms with Gasteiger partial charge in [-0.1, -0.05) is 182 Å². The van der Waals surface area contributed by atoms with Gasteiger partial charge in [0.05, 0.1) is 5.69 Å². The Hall–Kier alpha value is -7.22. The molecule has 0 amide bonds. The minimum Gasteiger partial charge on any atom is -0.310 e. The summed E-state index contributed by atoms with van der Waals surface area (Å²) in [4.78, 5) is 2.42. The molecular formula is C54H37N. The average molecular weight is 700 g/mol. The Balaban J connectivity index is 1.19. The number of nitrogens with zero attached hydrogens (tertiary/aromatic N) is 1. The van der Waals surface area contributed by atoms with Gasteiger partial charge in [-0.3, -0.25) is 0 Å². The second-order valence-corrected chi connectivity index (χ2v) is 14.1. The summed E-state index contributed by atoms with van der Waals surface area (Å²) in [6, 6.07) is 81.6. The molecule has 0 unspecified atom stereocenters. The van der Waals surface area contributed by atoms with Gasteiger partial charge in [0.15, 0.2) is 0 Å². The van der Waals surface area contributed by atoms with E-state index in [1.807, 2.05) is 0 Å². The topological polar surface area (TPSA) is 3.24 Å². The molecule has 0 heterocycles. The van der Waals surface area contributed by atoms with Crippen molar-refractivity contribution in [3.05, 3.63) is 224 Å². The van der Waals surface area contributed by atoms with E-state index < -0.39 is 0 Å². The van der Waals surface area contributed by atoms with E-state index in [1.165, 1.54) is 76.8 Å². The van der Waals surface area contributed by atoms with Crippen LogP contribution in [0.2, 0.25) is 0 Å². The van der Waals surface area contributed by atoms with Crippen molar-refractivity contribution in [3.63, 3.8) is 0 Å². The minimum absolute atomic E-state index is 1.10. The van der Waals surface area contributed by atoms with Gasteiger partial charge in [0.1, 0.15) is 0 Å². The van der Waals surface area contributed by atoms with Crippen LogP contribution in [0.15, 0.2) is 224 Å². The fraction of sp³-hybridized carbons (Fsp3) is 0. The highest BCUT2D eigenvalue weighted by atomic mass is 15.1. The molecule has 258 valence electrons. The zero-order valence-electron chi connectivity index (χ0n) is 30.3. The lowest BCUT2D eigenvalue weighted by atomic mass is 9.91. The Morgan fingerprint density at radius 3 is 1.31 bits per heavy atom. The van der Waals surface area contributed by atoms with Gasteiger partial charge in [0.25, 0.3) is 0 Å². The number of fused-ring (bicyclic) bond motifs is 4. The van der Waals surface area contributed by atoms with Crippen molar-refractivity contribution < 1.29 is 0 Å². The molecule has 0 radical (unpaired) electrons. The van der Waals surface area contributed by atoms with Gasteiger partial charge >= 0.3 is 0 Å². The van der Waals surface area contributed by atoms with Gasteiger partial charge in [-0.2, -0.15) is 0 Å². The molecule has 0 fully saturated rings. The maximum atomic E-state index is 2.42. The zero-order chi connectivity index (χ0) is 36.6. The summed E-state index contributed by atoms with van der Waals surface area (Å²) < 4.78 is 0. The molecule has 0 aromatic heterocycles. The van der Waals surface area contributed by atoms with Crippen molar-refractivity contribution in [1.82, 2.24) is 0 Å². The average Bonchev–Trinajstić information content (AvgIpc) is 3.27. The summed E-state index contributed by atoms with van der Waals surface area (Å²) in [6.07, 6.45) is 0. The second kappa shape index (κ2) is 14.0. The third-order valence-corrected chi connectivity index (χ3v) is 10.9. The molecule has 0 saturated heterocycles. The maximum Gasteiger partial charge on any atom is 0.0540 e. The van der Waals surface area contributed by atoms with Crippen molar-refractivity contribution in [2.45, 2.75) is 0 Å². The zero-order valence-corrected chi connectivity index (χ0v) is 30.3. The van der Waals surface area contributed by atoms with Crippen LogP contribution >= 0.6 is 0 Å². The summed E-state index contributed by atoms with van der Waals surface area (Å²) >= 11 is 0. The Labute approximate surface area is 322 Å². The first kappa shape index (κ1) is 32.4. The fourth-order valence-electron chi connectivity index (χ4n) is 8.06. The van der Waals surface area contributed by atoms with Gasteiger partial charge in [0, 0.05) is 16.9 Å². The van der Waals surface area contributed by atoms with Crippen molar-refractivity contribution in [1.29, 1.82) is 0 Å². The van der Waals surface area contributed by atoms with Gasteiger partial charge in [0.2, 0.25) is 0 Å². The van der Waals surface area contributed by atoms with E-state index in [4.69, 9.17) is 0 Å². The van der Waals surface area contributed by atoms with Gasteiger partial charge in [-0.15, -0.1) is 0 Å². The highest BCUT2D eigenvalue weighted by molar-refractivity contribution is 6.09. The van der Waals surface area contributed by atoms with E-state index in [0.29, 0.717) is 0 Å². The van der Waals surface area contributed by atoms with Crippen LogP contribution in [0, 0.1) is 0 Å². The lowest BCUT2D eigenvalue weighted by Crippen LogP contribution is -2.11. The van der Waals surface area contributed by atoms with Crippen LogP contribution in [-0.2, 0) is 0 Å². The molecule has 55 heavy (non-hydrogen) atoms. The van der Waals surface area contributed by atoms with Gasteiger partial charge in [-0.05, 0) is 114 Å². The summed E-state index contributed by atoms with van der Waals surface area (Å²) in [6.45, 7) is 0. The lowest BCUT2D eigenvalue weighted by Gasteiger charge is -2.29. The van der Waals surface area contributed by atoms with E-state index in [0.717, 1.165) is 17.1 Å². The summed E-state index contributed by atoms with van der Waals surface area (Å²) in [5.74, 6) is 0. The highest BCUT2D eigenvalue weighted by Crippen LogP contribution is 2.45. The smallest absolute Gasteiger partial charge is 0.0540 e. The first-order chi connectivity index (χ1) is 27.3. The van der Waals surface area contributed by atoms with E-state index in [1.54, 1.807) is 0 Å². The predicted octanol–water partition coefficient (Wildman–Crippen LogP) is 15.3. The summed E-state index contributed by atoms with van der Waals surface area (Å²) in [5.41, 5.74) is 12.9. The molecule has 10 aromatic carbocycles. The molecule has 0 saturated carbocycles. The molecule has 0 aliphatic rings. The monoisotopic (exact) mass is 699 g/mol. The third-order valence-electron chi connectivity index (χ3n) is 10.9. The Bertz CT molecular complexity index is 2860. The first-order valence-electron chi connectivity index (χ1n) is 18.9. The number of rotatable bonds is 7. The van der Waals surface area contributed by atoms with Crippen molar-refractivity contribution in [2.75, 3.05) is 4.90 Å². The normalized spacial score (nSPS) is 11.3. The number of hydrogen-bond donors (Lipinski definition) is 0. The molecule has 10 aromatic rings. The molecule has 10 rings (SSSR count). The van der Waals surface area contributed by atoms with Gasteiger partial charge in [-0.25, -0.2) is 0 Å². The maximum absolute atomic E-state index is 2.42. The van der Waals surface area contributed by atoms with E-state index in [9.17, 15) is 0 Å². The van der Waals surface area contributed by atoms with Crippen LogP contribution < -0.4 is 4.90 Å². The predicted molar refractivity (Wildman–Crippen MR) is 235 cm³/mol. The van der Waals surface area contributed by atoms with Crippen LogP contribution in [-0.4, -0.2) is 0 Å². The van der Waals surface area contributed by atoms with Crippen molar-refractivity contribution >= 4 is 49.4 Å². The van der Waals surface area contributed by atoms with E-state index in [-0.39, 0.29) is 0 Å². The minimum atomic E-state index is 1.10. The Morgan fingerprint density at radius 2 is 0.673 bits per heavy atom. The van der Waals surface area contributed by atoms with Crippen LogP contribution in [0.5, 0.6) is 0 Å². The summed E-state index contributed by atoms with van der Waals surface area (Å²) in [5, 5.41) is 7.50. The largest absolute Gasteiger partial charge is 0.310 e. The molecular weight excluding hydrogens is 663 g/mol. The number of hydrogen-bond acceptors (Lipinski definition) is 1. The molecule has 0 aliphatic carbocycles. The van der Waals surface area contributed by atoms with E-state index in [2.05, 4.69) is 229 Å². The van der Waals surface area contributed by atoms with Crippen LogP contribution in [0.25, 0.3) is 76.8 Å². The van der Waals surface area contributed by atoms with E-state index >= 15 is 0 Å². The summed E-state index contributed by atoms with van der Waals surface area (Å²) in [7, 11) is 0. The number of anilines is 3. The SMILES string of the molecule is c1ccc(-c2ccc(N(c3ccc(-c4ccccc4)cc3)c3ccc(-c4ccc5ccc6ccccc6c5c4)cc3-c3cccc4ccccc34)cc2)cc1. The molecule has 0 N–H and O–H groups in total. The van der Waals surface area contributed by atoms with Gasteiger partial charge < -0.3 is 4.90 Å². The quantitative estimate of drug-likeness (QED) is 0.150. The van der Waals surface area contributed by atoms with Crippen LogP contribution in [0.1, 0.15) is 0 Å². The Kier molecular flexibility index (Phi) is 8.24. The first-order valence-corrected chi connectivity index (χ1v) is 18.9. The highest BCUT2D eigenvalue weighted by Gasteiger charge is 2.20. The fourth-order valence-corrected chi connectivity index (χ4v) is 8.06. The van der Waals surface area contributed by atoms with Crippen molar-refractivity contribution in [2.24, 2.45) is 0 Å². The number of benzene rings is 10.